The fraction of sp³-hybridized carbons (Fsp3) is 0.282. The van der Waals surface area contributed by atoms with E-state index in [1.54, 1.807) is 21.1 Å². The number of aromatic nitrogens is 2. The Hall–Kier alpha value is -5.00. The topological polar surface area (TPSA) is 110 Å². The van der Waals surface area contributed by atoms with Crippen molar-refractivity contribution in [3.63, 3.8) is 0 Å². The van der Waals surface area contributed by atoms with E-state index < -0.39 is 40.9 Å². The zero-order chi connectivity index (χ0) is 34.0. The maximum atomic E-state index is 13.1. The summed E-state index contributed by atoms with van der Waals surface area (Å²) in [7, 11) is 3.27. The normalized spacial score (nSPS) is 21.5. The molecule has 7 rings (SSSR count). The number of nitrogens with one attached hydrogen (secondary N) is 1. The van der Waals surface area contributed by atoms with Crippen LogP contribution in [0.5, 0.6) is 11.5 Å². The minimum Gasteiger partial charge on any atom is -0.497 e. The first-order valence-corrected chi connectivity index (χ1v) is 16.1. The van der Waals surface area contributed by atoms with E-state index in [9.17, 15) is 9.59 Å². The Morgan fingerprint density at radius 3 is 1.98 bits per heavy atom. The summed E-state index contributed by atoms with van der Waals surface area (Å²) in [5.41, 5.74) is 0.683. The number of fused-ring (bicyclic) bond motifs is 2. The lowest BCUT2D eigenvalue weighted by atomic mass is 9.79. The number of benzene rings is 4. The molecule has 2 bridgehead atoms. The highest BCUT2D eigenvalue weighted by Gasteiger charge is 2.64. The molecule has 0 radical (unpaired) electrons. The Morgan fingerprint density at radius 1 is 0.816 bits per heavy atom. The standard InChI is InChI=1S/C39H38N2O8/c1-26-22-41(37(43)40-35(26)42)36-33-34(46-23-27-10-6-4-7-11-27)38(49-36,24-47-33)25-48-39(28-12-8-5-9-13-28,29-14-18-31(44-2)19-15-29)30-16-20-32(45-3)21-17-30/h4-22,33-34,36H,23-25H2,1-3H3,(H,40,42,43)/t33-,34+,36+,38+/m0/s1. The van der Waals surface area contributed by atoms with Crippen LogP contribution in [0.15, 0.2) is 125 Å². The van der Waals surface area contributed by atoms with Crippen LogP contribution >= 0.6 is 0 Å². The number of aryl methyl sites for hydroxylation is 1. The Kier molecular flexibility index (Phi) is 8.96. The second kappa shape index (κ2) is 13.5. The maximum absolute atomic E-state index is 13.1. The lowest BCUT2D eigenvalue weighted by Gasteiger charge is -2.40. The highest BCUT2D eigenvalue weighted by molar-refractivity contribution is 5.50. The van der Waals surface area contributed by atoms with E-state index in [1.807, 2.05) is 109 Å². The highest BCUT2D eigenvalue weighted by Crippen LogP contribution is 2.49. The predicted octanol–water partition coefficient (Wildman–Crippen LogP) is 5.12. The summed E-state index contributed by atoms with van der Waals surface area (Å²) >= 11 is 0. The number of hydrogen-bond acceptors (Lipinski definition) is 8. The van der Waals surface area contributed by atoms with Gasteiger partial charge in [-0.2, -0.15) is 0 Å². The molecule has 10 heteroatoms. The van der Waals surface area contributed by atoms with Crippen molar-refractivity contribution >= 4 is 0 Å². The van der Waals surface area contributed by atoms with Crippen LogP contribution < -0.4 is 20.7 Å². The molecule has 5 aromatic rings. The monoisotopic (exact) mass is 662 g/mol. The van der Waals surface area contributed by atoms with Crippen molar-refractivity contribution < 1.29 is 28.4 Å². The van der Waals surface area contributed by atoms with Crippen molar-refractivity contribution in [3.05, 3.63) is 164 Å². The number of nitrogens with zero attached hydrogens (tertiary/aromatic N) is 1. The van der Waals surface area contributed by atoms with Crippen molar-refractivity contribution in [3.8, 4) is 11.5 Å². The summed E-state index contributed by atoms with van der Waals surface area (Å²) in [4.78, 5) is 27.7. The van der Waals surface area contributed by atoms with Crippen LogP contribution in [0.25, 0.3) is 0 Å². The minimum absolute atomic E-state index is 0.0312. The lowest BCUT2D eigenvalue weighted by molar-refractivity contribution is -0.206. The molecule has 2 fully saturated rings. The second-order valence-corrected chi connectivity index (χ2v) is 12.3. The molecule has 3 heterocycles. The predicted molar refractivity (Wildman–Crippen MR) is 182 cm³/mol. The quantitative estimate of drug-likeness (QED) is 0.183. The molecule has 1 aromatic heterocycles. The summed E-state index contributed by atoms with van der Waals surface area (Å²) in [6.45, 7) is 2.14. The van der Waals surface area contributed by atoms with Crippen molar-refractivity contribution in [1.29, 1.82) is 0 Å². The highest BCUT2D eigenvalue weighted by atomic mass is 16.7. The summed E-state index contributed by atoms with van der Waals surface area (Å²) in [6.07, 6.45) is -0.628. The van der Waals surface area contributed by atoms with Crippen LogP contribution in [0.1, 0.15) is 34.0 Å². The molecule has 0 unspecified atom stereocenters. The average Bonchev–Trinajstić information content (AvgIpc) is 3.65. The van der Waals surface area contributed by atoms with Crippen LogP contribution in [-0.2, 0) is 31.2 Å². The van der Waals surface area contributed by atoms with Crippen molar-refractivity contribution in [2.45, 2.75) is 43.2 Å². The Bertz CT molecular complexity index is 1950. The van der Waals surface area contributed by atoms with Crippen LogP contribution in [-0.4, -0.2) is 54.8 Å². The van der Waals surface area contributed by atoms with Gasteiger partial charge in [-0.05, 0) is 53.4 Å². The van der Waals surface area contributed by atoms with E-state index in [1.165, 1.54) is 10.8 Å². The van der Waals surface area contributed by atoms with Crippen molar-refractivity contribution in [2.75, 3.05) is 27.4 Å². The summed E-state index contributed by atoms with van der Waals surface area (Å²) in [5, 5.41) is 0. The third-order valence-corrected chi connectivity index (χ3v) is 9.37. The molecule has 252 valence electrons. The van der Waals surface area contributed by atoms with Gasteiger partial charge in [0.1, 0.15) is 34.9 Å². The molecular formula is C39H38N2O8. The molecule has 0 aliphatic carbocycles. The molecular weight excluding hydrogens is 624 g/mol. The fourth-order valence-corrected chi connectivity index (χ4v) is 6.81. The van der Waals surface area contributed by atoms with Crippen LogP contribution in [0.3, 0.4) is 0 Å². The molecule has 0 amide bonds. The molecule has 2 aliphatic rings. The van der Waals surface area contributed by atoms with E-state index >= 15 is 0 Å². The van der Waals surface area contributed by atoms with Gasteiger partial charge in [0.25, 0.3) is 5.56 Å². The molecule has 10 nitrogen and oxygen atoms in total. The first-order valence-electron chi connectivity index (χ1n) is 16.1. The van der Waals surface area contributed by atoms with Gasteiger partial charge in [-0.1, -0.05) is 84.9 Å². The third kappa shape index (κ3) is 5.97. The number of rotatable bonds is 12. The van der Waals surface area contributed by atoms with Gasteiger partial charge in [0.2, 0.25) is 0 Å². The van der Waals surface area contributed by atoms with Gasteiger partial charge in [-0.3, -0.25) is 14.3 Å². The zero-order valence-corrected chi connectivity index (χ0v) is 27.5. The third-order valence-electron chi connectivity index (χ3n) is 9.37. The second-order valence-electron chi connectivity index (χ2n) is 12.3. The molecule has 4 atom stereocenters. The maximum Gasteiger partial charge on any atom is 0.330 e. The van der Waals surface area contributed by atoms with E-state index in [-0.39, 0.29) is 13.2 Å². The largest absolute Gasteiger partial charge is 0.497 e. The number of hydrogen-bond donors (Lipinski definition) is 1. The first kappa shape index (κ1) is 32.5. The number of methoxy groups -OCH3 is 2. The van der Waals surface area contributed by atoms with Crippen molar-refractivity contribution in [1.82, 2.24) is 9.55 Å². The van der Waals surface area contributed by atoms with E-state index in [0.29, 0.717) is 23.7 Å². The summed E-state index contributed by atoms with van der Waals surface area (Å²) < 4.78 is 39.4. The van der Waals surface area contributed by atoms with Crippen LogP contribution in [0.2, 0.25) is 0 Å². The summed E-state index contributed by atoms with van der Waals surface area (Å²) in [5.74, 6) is 1.42. The molecule has 2 aliphatic heterocycles. The number of ether oxygens (including phenoxy) is 6. The Morgan fingerprint density at radius 2 is 1.39 bits per heavy atom. The zero-order valence-electron chi connectivity index (χ0n) is 27.5. The van der Waals surface area contributed by atoms with E-state index in [2.05, 4.69) is 4.98 Å². The molecule has 49 heavy (non-hydrogen) atoms. The first-order chi connectivity index (χ1) is 23.9. The molecule has 1 N–H and O–H groups in total. The molecule has 2 saturated heterocycles. The van der Waals surface area contributed by atoms with Gasteiger partial charge in [0.05, 0.1) is 34.0 Å². The average molecular weight is 663 g/mol. The van der Waals surface area contributed by atoms with Gasteiger partial charge in [-0.15, -0.1) is 0 Å². The number of H-pyrrole nitrogens is 1. The number of aromatic amines is 1. The summed E-state index contributed by atoms with van der Waals surface area (Å²) in [6, 6.07) is 35.4. The van der Waals surface area contributed by atoms with Gasteiger partial charge in [0, 0.05) is 11.8 Å². The molecule has 4 aromatic carbocycles. The van der Waals surface area contributed by atoms with Gasteiger partial charge < -0.3 is 28.4 Å². The Balaban J connectivity index is 1.33. The van der Waals surface area contributed by atoms with E-state index in [0.717, 1.165) is 22.3 Å². The van der Waals surface area contributed by atoms with Gasteiger partial charge in [0.15, 0.2) is 6.23 Å². The van der Waals surface area contributed by atoms with Gasteiger partial charge >= 0.3 is 5.69 Å². The van der Waals surface area contributed by atoms with Crippen molar-refractivity contribution in [2.24, 2.45) is 0 Å². The fourth-order valence-electron chi connectivity index (χ4n) is 6.81. The Labute approximate surface area is 283 Å². The van der Waals surface area contributed by atoms with Crippen LogP contribution in [0, 0.1) is 6.92 Å². The van der Waals surface area contributed by atoms with Crippen LogP contribution in [0.4, 0.5) is 0 Å². The smallest absolute Gasteiger partial charge is 0.330 e. The SMILES string of the molecule is COc1ccc(C(OC[C@@]23CO[C@H]([C@H](n4cc(C)c(=O)[nH]c4=O)O2)[C@H]3OCc2ccccc2)(c2ccccc2)c2ccc(OC)cc2)cc1. The molecule has 0 saturated carbocycles. The molecule has 0 spiro atoms. The lowest BCUT2D eigenvalue weighted by Crippen LogP contribution is -2.49. The van der Waals surface area contributed by atoms with Gasteiger partial charge in [-0.25, -0.2) is 4.79 Å². The minimum atomic E-state index is -1.12. The van der Waals surface area contributed by atoms with E-state index in [4.69, 9.17) is 28.4 Å².